The summed E-state index contributed by atoms with van der Waals surface area (Å²) in [5.74, 6) is 0.405. The Morgan fingerprint density at radius 2 is 2.47 bits per heavy atom. The Hall–Kier alpha value is -2.38. The van der Waals surface area contributed by atoms with Crippen LogP contribution in [0.2, 0.25) is 0 Å². The minimum absolute atomic E-state index is 0.0684. The van der Waals surface area contributed by atoms with Crippen molar-refractivity contribution in [1.82, 2.24) is 30.5 Å². The Bertz CT molecular complexity index is 475. The SMILES string of the molecule is Nc1[nH]ncc1CNC(=O)CCn1ccnn1. The Labute approximate surface area is 97.2 Å². The van der Waals surface area contributed by atoms with Gasteiger partial charge in [-0.3, -0.25) is 14.6 Å². The van der Waals surface area contributed by atoms with Crippen LogP contribution in [-0.4, -0.2) is 31.1 Å². The maximum absolute atomic E-state index is 11.5. The van der Waals surface area contributed by atoms with Gasteiger partial charge in [0, 0.05) is 24.7 Å². The molecule has 0 aliphatic heterocycles. The van der Waals surface area contributed by atoms with Crippen molar-refractivity contribution < 1.29 is 4.79 Å². The number of nitrogens with one attached hydrogen (secondary N) is 2. The maximum atomic E-state index is 11.5. The summed E-state index contributed by atoms with van der Waals surface area (Å²) < 4.78 is 1.60. The van der Waals surface area contributed by atoms with Crippen molar-refractivity contribution in [2.75, 3.05) is 5.73 Å². The van der Waals surface area contributed by atoms with E-state index in [-0.39, 0.29) is 5.91 Å². The Morgan fingerprint density at radius 1 is 1.59 bits per heavy atom. The predicted molar refractivity (Wildman–Crippen MR) is 59.5 cm³/mol. The number of aryl methyl sites for hydroxylation is 1. The lowest BCUT2D eigenvalue weighted by Gasteiger charge is -2.04. The lowest BCUT2D eigenvalue weighted by molar-refractivity contribution is -0.121. The summed E-state index contributed by atoms with van der Waals surface area (Å²) in [5, 5.41) is 16.5. The molecule has 8 nitrogen and oxygen atoms in total. The number of nitrogens with two attached hydrogens (primary N) is 1. The van der Waals surface area contributed by atoms with Crippen LogP contribution in [-0.2, 0) is 17.9 Å². The zero-order valence-electron chi connectivity index (χ0n) is 9.13. The van der Waals surface area contributed by atoms with Gasteiger partial charge in [0.25, 0.3) is 0 Å². The number of aromatic nitrogens is 5. The standard InChI is InChI=1S/C9H13N7O/c10-9-7(6-13-14-9)5-11-8(17)1-3-16-4-2-12-15-16/h2,4,6H,1,3,5H2,(H,11,17)(H3,10,13,14). The van der Waals surface area contributed by atoms with E-state index in [1.54, 1.807) is 23.3 Å². The van der Waals surface area contributed by atoms with Crippen LogP contribution in [0.3, 0.4) is 0 Å². The number of nitrogen functional groups attached to an aromatic ring is 1. The molecule has 2 aromatic heterocycles. The van der Waals surface area contributed by atoms with Gasteiger partial charge in [0.15, 0.2) is 0 Å². The second kappa shape index (κ2) is 5.10. The highest BCUT2D eigenvalue weighted by Gasteiger charge is 2.05. The van der Waals surface area contributed by atoms with Gasteiger partial charge >= 0.3 is 0 Å². The van der Waals surface area contributed by atoms with Gasteiger partial charge in [0.1, 0.15) is 5.82 Å². The van der Waals surface area contributed by atoms with Crippen molar-refractivity contribution >= 4 is 11.7 Å². The third-order valence-electron chi connectivity index (χ3n) is 2.27. The van der Waals surface area contributed by atoms with E-state index in [2.05, 4.69) is 25.8 Å². The van der Waals surface area contributed by atoms with Gasteiger partial charge in [-0.15, -0.1) is 5.10 Å². The summed E-state index contributed by atoms with van der Waals surface area (Å²) in [4.78, 5) is 11.5. The molecule has 0 saturated carbocycles. The number of anilines is 1. The molecule has 0 fully saturated rings. The van der Waals surface area contributed by atoms with Crippen LogP contribution in [0.1, 0.15) is 12.0 Å². The molecule has 2 heterocycles. The van der Waals surface area contributed by atoms with E-state index in [0.29, 0.717) is 25.3 Å². The fourth-order valence-electron chi connectivity index (χ4n) is 1.31. The van der Waals surface area contributed by atoms with E-state index in [1.165, 1.54) is 0 Å². The predicted octanol–water partition coefficient (Wildman–Crippen LogP) is -0.710. The molecule has 17 heavy (non-hydrogen) atoms. The van der Waals surface area contributed by atoms with E-state index < -0.39 is 0 Å². The summed E-state index contributed by atoms with van der Waals surface area (Å²) in [6.45, 7) is 0.880. The monoisotopic (exact) mass is 235 g/mol. The minimum Gasteiger partial charge on any atom is -0.384 e. The van der Waals surface area contributed by atoms with Crippen LogP contribution < -0.4 is 11.1 Å². The van der Waals surface area contributed by atoms with Crippen LogP contribution in [0.5, 0.6) is 0 Å². The molecule has 2 rings (SSSR count). The van der Waals surface area contributed by atoms with E-state index in [9.17, 15) is 4.79 Å². The van der Waals surface area contributed by atoms with Gasteiger partial charge < -0.3 is 11.1 Å². The molecule has 1 amide bonds. The fourth-order valence-corrected chi connectivity index (χ4v) is 1.31. The van der Waals surface area contributed by atoms with Crippen LogP contribution in [0.4, 0.5) is 5.82 Å². The van der Waals surface area contributed by atoms with Gasteiger partial charge in [-0.05, 0) is 0 Å². The van der Waals surface area contributed by atoms with E-state index >= 15 is 0 Å². The van der Waals surface area contributed by atoms with E-state index in [4.69, 9.17) is 5.73 Å². The molecule has 0 aromatic carbocycles. The van der Waals surface area contributed by atoms with Gasteiger partial charge in [0.2, 0.25) is 5.91 Å². The molecule has 2 aromatic rings. The highest BCUT2D eigenvalue weighted by Crippen LogP contribution is 2.04. The first-order valence-corrected chi connectivity index (χ1v) is 5.14. The first-order chi connectivity index (χ1) is 8.25. The summed E-state index contributed by atoms with van der Waals surface area (Å²) in [7, 11) is 0. The molecule has 8 heteroatoms. The van der Waals surface area contributed by atoms with Gasteiger partial charge in [-0.25, -0.2) is 0 Å². The van der Waals surface area contributed by atoms with Crippen molar-refractivity contribution in [3.05, 3.63) is 24.2 Å². The molecule has 0 aliphatic rings. The zero-order valence-corrected chi connectivity index (χ0v) is 9.13. The largest absolute Gasteiger partial charge is 0.384 e. The number of carbonyl (C=O) groups is 1. The van der Waals surface area contributed by atoms with Crippen LogP contribution >= 0.6 is 0 Å². The third kappa shape index (κ3) is 3.03. The van der Waals surface area contributed by atoms with Crippen molar-refractivity contribution in [2.24, 2.45) is 0 Å². The molecular formula is C9H13N7O. The number of H-pyrrole nitrogens is 1. The molecule has 0 radical (unpaired) electrons. The number of amides is 1. The lowest BCUT2D eigenvalue weighted by Crippen LogP contribution is -2.24. The highest BCUT2D eigenvalue weighted by molar-refractivity contribution is 5.75. The summed E-state index contributed by atoms with van der Waals surface area (Å²) in [5.41, 5.74) is 6.36. The molecule has 0 saturated heterocycles. The molecule has 4 N–H and O–H groups in total. The van der Waals surface area contributed by atoms with Gasteiger partial charge in [-0.1, -0.05) is 5.21 Å². The number of nitrogens with zero attached hydrogens (tertiary/aromatic N) is 4. The first kappa shape index (κ1) is 11.1. The van der Waals surface area contributed by atoms with Gasteiger partial charge in [-0.2, -0.15) is 5.10 Å². The molecule has 0 bridgehead atoms. The van der Waals surface area contributed by atoms with E-state index in [1.807, 2.05) is 0 Å². The first-order valence-electron chi connectivity index (χ1n) is 5.14. The maximum Gasteiger partial charge on any atom is 0.222 e. The summed E-state index contributed by atoms with van der Waals surface area (Å²) in [6, 6.07) is 0. The highest BCUT2D eigenvalue weighted by atomic mass is 16.1. The zero-order chi connectivity index (χ0) is 12.1. The van der Waals surface area contributed by atoms with E-state index in [0.717, 1.165) is 5.56 Å². The number of carbonyl (C=O) groups excluding carboxylic acids is 1. The second-order valence-corrected chi connectivity index (χ2v) is 3.50. The smallest absolute Gasteiger partial charge is 0.222 e. The number of aromatic amines is 1. The molecule has 0 unspecified atom stereocenters. The fraction of sp³-hybridized carbons (Fsp3) is 0.333. The number of hydrogen-bond donors (Lipinski definition) is 3. The van der Waals surface area contributed by atoms with Crippen LogP contribution in [0, 0.1) is 0 Å². The second-order valence-electron chi connectivity index (χ2n) is 3.50. The Balaban J connectivity index is 1.73. The van der Waals surface area contributed by atoms with Crippen molar-refractivity contribution in [3.63, 3.8) is 0 Å². The average Bonchev–Trinajstić information content (AvgIpc) is 2.95. The van der Waals surface area contributed by atoms with Crippen molar-refractivity contribution in [2.45, 2.75) is 19.5 Å². The molecule has 0 atom stereocenters. The topological polar surface area (TPSA) is 115 Å². The molecule has 90 valence electrons. The lowest BCUT2D eigenvalue weighted by atomic mass is 10.3. The number of hydrogen-bond acceptors (Lipinski definition) is 5. The summed E-state index contributed by atoms with van der Waals surface area (Å²) >= 11 is 0. The van der Waals surface area contributed by atoms with Crippen LogP contribution in [0.15, 0.2) is 18.6 Å². The van der Waals surface area contributed by atoms with Crippen molar-refractivity contribution in [1.29, 1.82) is 0 Å². The Morgan fingerprint density at radius 3 is 3.12 bits per heavy atom. The van der Waals surface area contributed by atoms with Crippen molar-refractivity contribution in [3.8, 4) is 0 Å². The average molecular weight is 235 g/mol. The van der Waals surface area contributed by atoms with Crippen LogP contribution in [0.25, 0.3) is 0 Å². The third-order valence-corrected chi connectivity index (χ3v) is 2.27. The molecule has 0 aliphatic carbocycles. The quantitative estimate of drug-likeness (QED) is 0.633. The number of rotatable bonds is 5. The van der Waals surface area contributed by atoms with Gasteiger partial charge in [0.05, 0.1) is 18.9 Å². The molecule has 0 spiro atoms. The summed E-state index contributed by atoms with van der Waals surface area (Å²) in [6.07, 6.45) is 5.22. The normalized spacial score (nSPS) is 10.4. The Kier molecular flexibility index (Phi) is 3.34. The minimum atomic E-state index is -0.0684. The molecular weight excluding hydrogens is 222 g/mol.